The van der Waals surface area contributed by atoms with Gasteiger partial charge in [-0.25, -0.2) is 18.2 Å². The fourth-order valence-corrected chi connectivity index (χ4v) is 1.31. The number of benzene rings is 1. The number of pyridine rings is 1. The summed E-state index contributed by atoms with van der Waals surface area (Å²) < 4.78 is 38.6. The van der Waals surface area contributed by atoms with Gasteiger partial charge >= 0.3 is 0 Å². The van der Waals surface area contributed by atoms with Crippen LogP contribution in [0.25, 0.3) is 0 Å². The molecule has 0 radical (unpaired) electrons. The first kappa shape index (κ1) is 11.3. The second kappa shape index (κ2) is 4.32. The summed E-state index contributed by atoms with van der Waals surface area (Å²) in [5.74, 6) is -3.86. The van der Waals surface area contributed by atoms with Crippen LogP contribution in [0, 0.1) is 17.5 Å². The number of hydrogen-bond acceptors (Lipinski definition) is 3. The Labute approximate surface area is 95.1 Å². The van der Waals surface area contributed by atoms with Gasteiger partial charge in [0.05, 0.1) is 5.69 Å². The van der Waals surface area contributed by atoms with Crippen LogP contribution in [0.15, 0.2) is 30.5 Å². The van der Waals surface area contributed by atoms with Crippen LogP contribution in [0.5, 0.6) is 0 Å². The van der Waals surface area contributed by atoms with Crippen LogP contribution in [-0.4, -0.2) is 4.98 Å². The highest BCUT2D eigenvalue weighted by molar-refractivity contribution is 5.69. The van der Waals surface area contributed by atoms with E-state index in [0.29, 0.717) is 5.69 Å². The molecule has 3 nitrogen and oxygen atoms in total. The second-order valence-corrected chi connectivity index (χ2v) is 3.32. The summed E-state index contributed by atoms with van der Waals surface area (Å²) in [7, 11) is 0. The molecule has 0 spiro atoms. The van der Waals surface area contributed by atoms with Crippen LogP contribution in [0.2, 0.25) is 0 Å². The van der Waals surface area contributed by atoms with E-state index in [0.717, 1.165) is 12.1 Å². The van der Waals surface area contributed by atoms with Crippen molar-refractivity contribution in [1.82, 2.24) is 4.98 Å². The third-order valence-electron chi connectivity index (χ3n) is 2.10. The highest BCUT2D eigenvalue weighted by Crippen LogP contribution is 2.23. The molecule has 0 bridgehead atoms. The molecule has 0 fully saturated rings. The Morgan fingerprint density at radius 1 is 1.12 bits per heavy atom. The molecule has 1 aromatic carbocycles. The van der Waals surface area contributed by atoms with Gasteiger partial charge in [-0.1, -0.05) is 0 Å². The molecule has 0 aliphatic rings. The number of rotatable bonds is 2. The van der Waals surface area contributed by atoms with Crippen molar-refractivity contribution in [3.8, 4) is 0 Å². The van der Waals surface area contributed by atoms with Gasteiger partial charge in [0.15, 0.2) is 17.5 Å². The van der Waals surface area contributed by atoms with Gasteiger partial charge in [-0.05, 0) is 12.1 Å². The average Bonchev–Trinajstić information content (AvgIpc) is 2.29. The van der Waals surface area contributed by atoms with Gasteiger partial charge in [-0.2, -0.15) is 0 Å². The molecular weight excluding hydrogens is 231 g/mol. The zero-order valence-electron chi connectivity index (χ0n) is 8.55. The zero-order valence-corrected chi connectivity index (χ0v) is 8.55. The number of anilines is 3. The lowest BCUT2D eigenvalue weighted by Crippen LogP contribution is -2.00. The van der Waals surface area contributed by atoms with Crippen LogP contribution in [0.3, 0.4) is 0 Å². The Bertz CT molecular complexity index is 534. The van der Waals surface area contributed by atoms with Crippen LogP contribution in [0.4, 0.5) is 30.4 Å². The third-order valence-corrected chi connectivity index (χ3v) is 2.10. The third kappa shape index (κ3) is 2.30. The largest absolute Gasteiger partial charge is 0.382 e. The van der Waals surface area contributed by atoms with Gasteiger partial charge in [-0.15, -0.1) is 0 Å². The van der Waals surface area contributed by atoms with Crippen molar-refractivity contribution in [3.05, 3.63) is 47.9 Å². The molecule has 2 rings (SSSR count). The molecule has 88 valence electrons. The molecule has 0 atom stereocenters. The topological polar surface area (TPSA) is 50.9 Å². The Hall–Kier alpha value is -2.24. The van der Waals surface area contributed by atoms with Gasteiger partial charge in [-0.3, -0.25) is 0 Å². The second-order valence-electron chi connectivity index (χ2n) is 3.32. The van der Waals surface area contributed by atoms with Crippen molar-refractivity contribution in [2.75, 3.05) is 11.1 Å². The fraction of sp³-hybridized carbons (Fsp3) is 0. The molecule has 0 saturated carbocycles. The molecule has 1 heterocycles. The summed E-state index contributed by atoms with van der Waals surface area (Å²) in [6, 6.07) is 4.87. The number of aromatic nitrogens is 1. The molecule has 1 aromatic heterocycles. The molecule has 0 amide bonds. The minimum atomic E-state index is -1.50. The van der Waals surface area contributed by atoms with E-state index in [-0.39, 0.29) is 11.5 Å². The van der Waals surface area contributed by atoms with Crippen molar-refractivity contribution in [1.29, 1.82) is 0 Å². The number of hydrogen-bond donors (Lipinski definition) is 2. The smallest absolute Gasteiger partial charge is 0.194 e. The lowest BCUT2D eigenvalue weighted by molar-refractivity contribution is 0.448. The first-order chi connectivity index (χ1) is 8.08. The molecule has 17 heavy (non-hydrogen) atoms. The van der Waals surface area contributed by atoms with Crippen LogP contribution < -0.4 is 11.1 Å². The summed E-state index contributed by atoms with van der Waals surface area (Å²) >= 11 is 0. The first-order valence-electron chi connectivity index (χ1n) is 4.70. The summed E-state index contributed by atoms with van der Waals surface area (Å²) in [6.45, 7) is 0. The molecule has 0 saturated heterocycles. The van der Waals surface area contributed by atoms with Gasteiger partial charge < -0.3 is 11.1 Å². The van der Waals surface area contributed by atoms with Crippen LogP contribution in [0.1, 0.15) is 0 Å². The van der Waals surface area contributed by atoms with Crippen molar-refractivity contribution >= 4 is 17.2 Å². The lowest BCUT2D eigenvalue weighted by atomic mass is 10.2. The first-order valence-corrected chi connectivity index (χ1v) is 4.70. The Morgan fingerprint density at radius 2 is 1.76 bits per heavy atom. The van der Waals surface area contributed by atoms with E-state index in [4.69, 9.17) is 5.73 Å². The Balaban J connectivity index is 2.34. The molecule has 6 heteroatoms. The van der Waals surface area contributed by atoms with E-state index in [9.17, 15) is 13.2 Å². The number of nitrogens with one attached hydrogen (secondary N) is 1. The van der Waals surface area contributed by atoms with E-state index >= 15 is 0 Å². The van der Waals surface area contributed by atoms with Crippen LogP contribution >= 0.6 is 0 Å². The average molecular weight is 239 g/mol. The van der Waals surface area contributed by atoms with Crippen molar-refractivity contribution in [2.24, 2.45) is 0 Å². The van der Waals surface area contributed by atoms with Gasteiger partial charge in [0, 0.05) is 24.0 Å². The quantitative estimate of drug-likeness (QED) is 0.792. The molecule has 0 aliphatic carbocycles. The predicted molar refractivity (Wildman–Crippen MR) is 58.2 cm³/mol. The maximum Gasteiger partial charge on any atom is 0.194 e. The number of nitrogens with zero attached hydrogens (tertiary/aromatic N) is 1. The number of halogens is 3. The van der Waals surface area contributed by atoms with Gasteiger partial charge in [0.2, 0.25) is 0 Å². The van der Waals surface area contributed by atoms with E-state index in [1.165, 1.54) is 6.20 Å². The number of nitrogen functional groups attached to an aromatic ring is 1. The van der Waals surface area contributed by atoms with E-state index in [2.05, 4.69) is 10.3 Å². The number of nitrogens with two attached hydrogens (primary N) is 1. The SMILES string of the molecule is Nc1ncccc1Nc1cc(F)c(F)c(F)c1. The summed E-state index contributed by atoms with van der Waals surface area (Å²) in [6.07, 6.45) is 1.48. The summed E-state index contributed by atoms with van der Waals surface area (Å²) in [4.78, 5) is 3.79. The van der Waals surface area contributed by atoms with E-state index in [1.54, 1.807) is 12.1 Å². The van der Waals surface area contributed by atoms with Crippen molar-refractivity contribution < 1.29 is 13.2 Å². The van der Waals surface area contributed by atoms with Gasteiger partial charge in [0.1, 0.15) is 5.82 Å². The minimum Gasteiger partial charge on any atom is -0.382 e. The lowest BCUT2D eigenvalue weighted by Gasteiger charge is -2.08. The molecule has 2 aromatic rings. The molecular formula is C11H8F3N3. The summed E-state index contributed by atoms with van der Waals surface area (Å²) in [5, 5.41) is 2.65. The summed E-state index contributed by atoms with van der Waals surface area (Å²) in [5.41, 5.74) is 5.98. The highest BCUT2D eigenvalue weighted by Gasteiger charge is 2.11. The minimum absolute atomic E-state index is 0.0566. The van der Waals surface area contributed by atoms with Crippen molar-refractivity contribution in [3.63, 3.8) is 0 Å². The Morgan fingerprint density at radius 3 is 2.35 bits per heavy atom. The van der Waals surface area contributed by atoms with Crippen molar-refractivity contribution in [2.45, 2.75) is 0 Å². The van der Waals surface area contributed by atoms with E-state index < -0.39 is 17.5 Å². The van der Waals surface area contributed by atoms with Gasteiger partial charge in [0.25, 0.3) is 0 Å². The predicted octanol–water partition coefficient (Wildman–Crippen LogP) is 2.82. The van der Waals surface area contributed by atoms with Crippen LogP contribution in [-0.2, 0) is 0 Å². The highest BCUT2D eigenvalue weighted by atomic mass is 19.2. The fourth-order valence-electron chi connectivity index (χ4n) is 1.31. The molecule has 3 N–H and O–H groups in total. The Kier molecular flexibility index (Phi) is 2.86. The maximum absolute atomic E-state index is 12.9. The zero-order chi connectivity index (χ0) is 12.4. The maximum atomic E-state index is 12.9. The standard InChI is InChI=1S/C11H8F3N3/c12-7-4-6(5-8(13)10(7)14)17-9-2-1-3-16-11(9)15/h1-5,17H,(H2,15,16). The van der Waals surface area contributed by atoms with E-state index in [1.807, 2.05) is 0 Å². The normalized spacial score (nSPS) is 10.3. The monoisotopic (exact) mass is 239 g/mol. The molecule has 0 aliphatic heterocycles. The molecule has 0 unspecified atom stereocenters.